The van der Waals surface area contributed by atoms with Crippen LogP contribution in [0.3, 0.4) is 0 Å². The van der Waals surface area contributed by atoms with Crippen LogP contribution < -0.4 is 5.43 Å². The zero-order valence-corrected chi connectivity index (χ0v) is 11.5. The van der Waals surface area contributed by atoms with E-state index in [0.29, 0.717) is 18.7 Å². The van der Waals surface area contributed by atoms with Crippen molar-refractivity contribution in [1.82, 2.24) is 15.1 Å². The first-order chi connectivity index (χ1) is 9.49. The summed E-state index contributed by atoms with van der Waals surface area (Å²) in [6.07, 6.45) is 1.37. The molecule has 108 valence electrons. The first-order valence-corrected chi connectivity index (χ1v) is 6.48. The maximum atomic E-state index is 12.0. The third-order valence-electron chi connectivity index (χ3n) is 3.28. The molecule has 1 amide bonds. The van der Waals surface area contributed by atoms with Gasteiger partial charge < -0.3 is 9.64 Å². The zero-order chi connectivity index (χ0) is 14.7. The summed E-state index contributed by atoms with van der Waals surface area (Å²) in [5, 5.41) is 6.49. The Morgan fingerprint density at radius 2 is 2.30 bits per heavy atom. The van der Waals surface area contributed by atoms with Gasteiger partial charge in [-0.1, -0.05) is 0 Å². The van der Waals surface area contributed by atoms with Crippen LogP contribution in [0.4, 0.5) is 0 Å². The number of aromatic nitrogens is 2. The van der Waals surface area contributed by atoms with E-state index in [1.54, 1.807) is 6.92 Å². The highest BCUT2D eigenvalue weighted by molar-refractivity contribution is 5.83. The Bertz CT molecular complexity index is 581. The second-order valence-electron chi connectivity index (χ2n) is 4.84. The molecule has 0 bridgehead atoms. The molecule has 20 heavy (non-hydrogen) atoms. The fourth-order valence-corrected chi connectivity index (χ4v) is 2.25. The molecule has 0 saturated carbocycles. The standard InChI is InChI=1S/C13H17N3O4/c1-8-6-12(18)10(15-14-8)7-20-13(19)11-4-3-5-16(11)9(2)17/h6,11H,3-5,7H2,1-2H3,(H,14,18)/t11-/m1/s1. The minimum Gasteiger partial charge on any atom is -0.457 e. The maximum Gasteiger partial charge on any atom is 0.329 e. The molecule has 1 aromatic rings. The number of H-pyrrole nitrogens is 1. The molecule has 1 atom stereocenters. The summed E-state index contributed by atoms with van der Waals surface area (Å²) in [4.78, 5) is 36.4. The molecule has 7 heteroatoms. The smallest absolute Gasteiger partial charge is 0.329 e. The summed E-state index contributed by atoms with van der Waals surface area (Å²) in [5.41, 5.74) is 0.517. The maximum absolute atomic E-state index is 12.0. The van der Waals surface area contributed by atoms with Crippen molar-refractivity contribution in [3.8, 4) is 0 Å². The minimum atomic E-state index is -0.544. The van der Waals surface area contributed by atoms with Gasteiger partial charge in [-0.3, -0.25) is 14.7 Å². The molecule has 2 heterocycles. The summed E-state index contributed by atoms with van der Waals surface area (Å²) in [5.74, 6) is -0.629. The van der Waals surface area contributed by atoms with Crippen LogP contribution in [0.5, 0.6) is 0 Å². The fourth-order valence-electron chi connectivity index (χ4n) is 2.25. The van der Waals surface area contributed by atoms with Gasteiger partial charge in [0.2, 0.25) is 11.3 Å². The number of aromatic amines is 1. The van der Waals surface area contributed by atoms with Crippen LogP contribution in [0.15, 0.2) is 10.9 Å². The number of likely N-dealkylation sites (tertiary alicyclic amines) is 1. The number of aryl methyl sites for hydroxylation is 1. The van der Waals surface area contributed by atoms with Gasteiger partial charge in [-0.05, 0) is 19.8 Å². The van der Waals surface area contributed by atoms with E-state index in [1.807, 2.05) is 0 Å². The van der Waals surface area contributed by atoms with Gasteiger partial charge in [0.05, 0.1) is 0 Å². The van der Waals surface area contributed by atoms with Crippen molar-refractivity contribution >= 4 is 11.9 Å². The molecule has 2 rings (SSSR count). The van der Waals surface area contributed by atoms with Crippen LogP contribution in [0.2, 0.25) is 0 Å². The Morgan fingerprint density at radius 3 is 2.95 bits per heavy atom. The predicted molar refractivity (Wildman–Crippen MR) is 69.8 cm³/mol. The normalized spacial score (nSPS) is 18.1. The van der Waals surface area contributed by atoms with E-state index in [9.17, 15) is 14.4 Å². The molecule has 1 aliphatic heterocycles. The van der Waals surface area contributed by atoms with Crippen molar-refractivity contribution < 1.29 is 14.3 Å². The van der Waals surface area contributed by atoms with Crippen LogP contribution in [0, 0.1) is 6.92 Å². The van der Waals surface area contributed by atoms with E-state index in [-0.39, 0.29) is 23.6 Å². The van der Waals surface area contributed by atoms with Crippen molar-refractivity contribution in [2.24, 2.45) is 0 Å². The van der Waals surface area contributed by atoms with Crippen molar-refractivity contribution in [1.29, 1.82) is 0 Å². The average Bonchev–Trinajstić information content (AvgIpc) is 2.86. The lowest BCUT2D eigenvalue weighted by atomic mass is 10.2. The van der Waals surface area contributed by atoms with Gasteiger partial charge in [0, 0.05) is 25.2 Å². The lowest BCUT2D eigenvalue weighted by Crippen LogP contribution is -2.40. The highest BCUT2D eigenvalue weighted by atomic mass is 16.5. The van der Waals surface area contributed by atoms with E-state index in [2.05, 4.69) is 10.2 Å². The molecule has 0 radical (unpaired) electrons. The topological polar surface area (TPSA) is 92.4 Å². The number of nitrogens with zero attached hydrogens (tertiary/aromatic N) is 2. The van der Waals surface area contributed by atoms with E-state index in [1.165, 1.54) is 17.9 Å². The largest absolute Gasteiger partial charge is 0.457 e. The van der Waals surface area contributed by atoms with Gasteiger partial charge in [0.1, 0.15) is 18.3 Å². The molecule has 0 unspecified atom stereocenters. The molecule has 7 nitrogen and oxygen atoms in total. The number of hydrogen-bond acceptors (Lipinski definition) is 5. The number of hydrogen-bond donors (Lipinski definition) is 1. The van der Waals surface area contributed by atoms with E-state index < -0.39 is 12.0 Å². The van der Waals surface area contributed by atoms with Crippen LogP contribution in [-0.2, 0) is 20.9 Å². The Kier molecular flexibility index (Phi) is 4.16. The highest BCUT2D eigenvalue weighted by Crippen LogP contribution is 2.18. The molecule has 1 aliphatic rings. The predicted octanol–water partition coefficient (Wildman–Crippen LogP) is 0.132. The van der Waals surface area contributed by atoms with Crippen LogP contribution >= 0.6 is 0 Å². The Morgan fingerprint density at radius 1 is 1.55 bits per heavy atom. The number of ether oxygens (including phenoxy) is 1. The third-order valence-corrected chi connectivity index (χ3v) is 3.28. The molecule has 1 N–H and O–H groups in total. The van der Waals surface area contributed by atoms with E-state index in [4.69, 9.17) is 4.74 Å². The lowest BCUT2D eigenvalue weighted by molar-refractivity contribution is -0.154. The summed E-state index contributed by atoms with van der Waals surface area (Å²) < 4.78 is 5.10. The summed E-state index contributed by atoms with van der Waals surface area (Å²) in [6, 6.07) is 0.852. The van der Waals surface area contributed by atoms with Crippen LogP contribution in [0.1, 0.15) is 31.2 Å². The van der Waals surface area contributed by atoms with Gasteiger partial charge in [-0.15, -0.1) is 0 Å². The van der Waals surface area contributed by atoms with Crippen molar-refractivity contribution in [3.05, 3.63) is 27.7 Å². The molecule has 1 saturated heterocycles. The summed E-state index contributed by atoms with van der Waals surface area (Å²) in [7, 11) is 0. The number of nitrogens with one attached hydrogen (secondary N) is 1. The molecule has 0 spiro atoms. The molecule has 1 aromatic heterocycles. The van der Waals surface area contributed by atoms with Gasteiger partial charge in [-0.2, -0.15) is 5.10 Å². The SMILES string of the molecule is CC(=O)N1CCC[C@@H]1C(=O)OCc1n[nH]c(C)cc1=O. The van der Waals surface area contributed by atoms with E-state index >= 15 is 0 Å². The summed E-state index contributed by atoms with van der Waals surface area (Å²) in [6.45, 7) is 3.53. The Balaban J connectivity index is 1.98. The second-order valence-corrected chi connectivity index (χ2v) is 4.84. The number of carbonyl (C=O) groups excluding carboxylic acids is 2. The highest BCUT2D eigenvalue weighted by Gasteiger charge is 2.33. The average molecular weight is 279 g/mol. The molecule has 1 fully saturated rings. The molecule has 0 aliphatic carbocycles. The first kappa shape index (κ1) is 14.2. The Labute approximate surface area is 115 Å². The number of amides is 1. The first-order valence-electron chi connectivity index (χ1n) is 6.48. The minimum absolute atomic E-state index is 0.143. The van der Waals surface area contributed by atoms with Gasteiger partial charge in [-0.25, -0.2) is 4.79 Å². The molecule has 0 aromatic carbocycles. The van der Waals surface area contributed by atoms with Crippen molar-refractivity contribution in [2.75, 3.05) is 6.54 Å². The van der Waals surface area contributed by atoms with Gasteiger partial charge >= 0.3 is 5.97 Å². The number of rotatable bonds is 3. The van der Waals surface area contributed by atoms with Gasteiger partial charge in [0.15, 0.2) is 0 Å². The van der Waals surface area contributed by atoms with Crippen LogP contribution in [0.25, 0.3) is 0 Å². The van der Waals surface area contributed by atoms with Crippen molar-refractivity contribution in [2.45, 2.75) is 39.3 Å². The second kappa shape index (κ2) is 5.85. The fraction of sp³-hybridized carbons (Fsp3) is 0.538. The van der Waals surface area contributed by atoms with Crippen molar-refractivity contribution in [3.63, 3.8) is 0 Å². The monoisotopic (exact) mass is 279 g/mol. The van der Waals surface area contributed by atoms with Gasteiger partial charge in [0.25, 0.3) is 0 Å². The number of carbonyl (C=O) groups is 2. The molecular formula is C13H17N3O4. The van der Waals surface area contributed by atoms with E-state index in [0.717, 1.165) is 6.42 Å². The molecular weight excluding hydrogens is 262 g/mol. The quantitative estimate of drug-likeness (QED) is 0.794. The lowest BCUT2D eigenvalue weighted by Gasteiger charge is -2.21. The zero-order valence-electron chi connectivity index (χ0n) is 11.5. The van der Waals surface area contributed by atoms with Crippen LogP contribution in [-0.4, -0.2) is 39.6 Å². The number of esters is 1. The third kappa shape index (κ3) is 3.04. The Hall–Kier alpha value is -2.18. The summed E-state index contributed by atoms with van der Waals surface area (Å²) >= 11 is 0.